The summed E-state index contributed by atoms with van der Waals surface area (Å²) >= 11 is 0. The van der Waals surface area contributed by atoms with Gasteiger partial charge in [0.25, 0.3) is 11.8 Å². The van der Waals surface area contributed by atoms with Gasteiger partial charge in [0.1, 0.15) is 6.61 Å². The van der Waals surface area contributed by atoms with Crippen molar-refractivity contribution >= 4 is 24.0 Å². The molecular formula is C21H19N3O6. The smallest absolute Gasteiger partial charge is 0.447 e. The van der Waals surface area contributed by atoms with Gasteiger partial charge in [-0.15, -0.1) is 5.06 Å². The summed E-state index contributed by atoms with van der Waals surface area (Å²) in [6.07, 6.45) is -1.99. The number of carbonyl (C=O) groups excluding carboxylic acids is 4. The average molecular weight is 409 g/mol. The number of imide groups is 1. The molecule has 2 aromatic rings. The molecule has 1 aliphatic heterocycles. The van der Waals surface area contributed by atoms with Crippen LogP contribution in [0.5, 0.6) is 0 Å². The van der Waals surface area contributed by atoms with E-state index in [1.807, 2.05) is 48.5 Å². The minimum absolute atomic E-state index is 0.0182. The zero-order valence-electron chi connectivity index (χ0n) is 16.2. The molecule has 0 saturated carbocycles. The van der Waals surface area contributed by atoms with Gasteiger partial charge in [-0.2, -0.15) is 0 Å². The van der Waals surface area contributed by atoms with Crippen LogP contribution in [0.25, 0.3) is 11.1 Å². The summed E-state index contributed by atoms with van der Waals surface area (Å²) in [7, 11) is 1.22. The molecule has 0 aromatic heterocycles. The molecule has 0 radical (unpaired) electrons. The monoisotopic (exact) mass is 409 g/mol. The van der Waals surface area contributed by atoms with Gasteiger partial charge in [0.05, 0.1) is 0 Å². The quantitative estimate of drug-likeness (QED) is 0.617. The highest BCUT2D eigenvalue weighted by molar-refractivity contribution is 6.01. The topological polar surface area (TPSA) is 105 Å². The molecule has 9 heteroatoms. The van der Waals surface area contributed by atoms with Gasteiger partial charge in [0.2, 0.25) is 0 Å². The number of benzene rings is 2. The second-order valence-electron chi connectivity index (χ2n) is 6.94. The van der Waals surface area contributed by atoms with Gasteiger partial charge in [0.15, 0.2) is 0 Å². The lowest BCUT2D eigenvalue weighted by molar-refractivity contribution is -0.173. The Morgan fingerprint density at radius 3 is 2.10 bits per heavy atom. The third-order valence-electron chi connectivity index (χ3n) is 5.05. The lowest BCUT2D eigenvalue weighted by Crippen LogP contribution is -2.47. The first-order valence-electron chi connectivity index (χ1n) is 9.39. The molecule has 9 nitrogen and oxygen atoms in total. The van der Waals surface area contributed by atoms with Gasteiger partial charge >= 0.3 is 12.2 Å². The first-order chi connectivity index (χ1) is 14.5. The Hall–Kier alpha value is -3.88. The van der Waals surface area contributed by atoms with Crippen LogP contribution in [-0.4, -0.2) is 47.7 Å². The number of carbonyl (C=O) groups is 4. The predicted molar refractivity (Wildman–Crippen MR) is 104 cm³/mol. The molecule has 30 heavy (non-hydrogen) atoms. The fourth-order valence-electron chi connectivity index (χ4n) is 3.61. The van der Waals surface area contributed by atoms with Crippen LogP contribution in [-0.2, 0) is 19.2 Å². The van der Waals surface area contributed by atoms with E-state index in [4.69, 9.17) is 9.57 Å². The second-order valence-corrected chi connectivity index (χ2v) is 6.94. The molecule has 4 amide bonds. The zero-order chi connectivity index (χ0) is 21.3. The van der Waals surface area contributed by atoms with E-state index in [1.54, 1.807) is 0 Å². The number of nitrogens with zero attached hydrogens (tertiary/aromatic N) is 2. The van der Waals surface area contributed by atoms with Crippen LogP contribution >= 0.6 is 0 Å². The van der Waals surface area contributed by atoms with Gasteiger partial charge in [-0.3, -0.25) is 9.59 Å². The Balaban J connectivity index is 1.35. The molecule has 0 atom stereocenters. The summed E-state index contributed by atoms with van der Waals surface area (Å²) in [5.74, 6) is -1.34. The fraction of sp³-hybridized carbons (Fsp3) is 0.238. The minimum atomic E-state index is -1.09. The summed E-state index contributed by atoms with van der Waals surface area (Å²) in [4.78, 5) is 51.9. The van der Waals surface area contributed by atoms with E-state index in [2.05, 4.69) is 5.43 Å². The fourth-order valence-corrected chi connectivity index (χ4v) is 3.61. The maximum absolute atomic E-state index is 12.2. The van der Waals surface area contributed by atoms with Crippen molar-refractivity contribution in [3.05, 3.63) is 59.7 Å². The van der Waals surface area contributed by atoms with Gasteiger partial charge in [0, 0.05) is 25.8 Å². The van der Waals surface area contributed by atoms with E-state index < -0.39 is 24.0 Å². The number of rotatable bonds is 3. The van der Waals surface area contributed by atoms with Crippen LogP contribution in [0.1, 0.15) is 29.9 Å². The second kappa shape index (κ2) is 7.86. The molecule has 1 heterocycles. The van der Waals surface area contributed by atoms with Crippen molar-refractivity contribution in [1.29, 1.82) is 0 Å². The molecule has 2 aromatic carbocycles. The van der Waals surface area contributed by atoms with Crippen LogP contribution in [0.15, 0.2) is 48.5 Å². The van der Waals surface area contributed by atoms with Crippen molar-refractivity contribution in [3.63, 3.8) is 0 Å². The van der Waals surface area contributed by atoms with Gasteiger partial charge < -0.3 is 9.57 Å². The van der Waals surface area contributed by atoms with Crippen molar-refractivity contribution in [2.75, 3.05) is 13.7 Å². The molecule has 0 bridgehead atoms. The molecule has 2 aliphatic rings. The standard InChI is InChI=1S/C21H19N3O6/c1-23(21(28)30-24-18(25)10-11-19(24)26)22-20(27)29-12-17-15-8-4-2-6-13(15)14-7-3-5-9-16(14)17/h2-9,17H,10-12H2,1H3,(H,22,27). The van der Waals surface area contributed by atoms with Crippen LogP contribution in [0, 0.1) is 0 Å². The van der Waals surface area contributed by atoms with E-state index in [0.717, 1.165) is 22.3 Å². The van der Waals surface area contributed by atoms with Crippen molar-refractivity contribution in [2.24, 2.45) is 0 Å². The molecule has 1 N–H and O–H groups in total. The van der Waals surface area contributed by atoms with E-state index >= 15 is 0 Å². The molecule has 4 rings (SSSR count). The van der Waals surface area contributed by atoms with E-state index in [9.17, 15) is 19.2 Å². The third-order valence-corrected chi connectivity index (χ3v) is 5.05. The predicted octanol–water partition coefficient (Wildman–Crippen LogP) is 2.57. The molecule has 1 fully saturated rings. The summed E-state index contributed by atoms with van der Waals surface area (Å²) in [6.45, 7) is 0.0752. The van der Waals surface area contributed by atoms with Crippen LogP contribution in [0.2, 0.25) is 0 Å². The molecule has 0 spiro atoms. The molecule has 0 unspecified atom stereocenters. The van der Waals surface area contributed by atoms with Crippen molar-refractivity contribution in [3.8, 4) is 11.1 Å². The third kappa shape index (κ3) is 3.57. The number of amides is 4. The van der Waals surface area contributed by atoms with E-state index in [-0.39, 0.29) is 25.4 Å². The lowest BCUT2D eigenvalue weighted by Gasteiger charge is -2.21. The average Bonchev–Trinajstić information content (AvgIpc) is 3.24. The largest absolute Gasteiger partial charge is 0.453 e. The van der Waals surface area contributed by atoms with Gasteiger partial charge in [-0.05, 0) is 22.3 Å². The Labute approximate surface area is 172 Å². The number of fused-ring (bicyclic) bond motifs is 3. The molecular weight excluding hydrogens is 390 g/mol. The highest BCUT2D eigenvalue weighted by Gasteiger charge is 2.34. The van der Waals surface area contributed by atoms with E-state index in [1.165, 1.54) is 7.05 Å². The summed E-state index contributed by atoms with van der Waals surface area (Å²) in [6, 6.07) is 15.8. The zero-order valence-corrected chi connectivity index (χ0v) is 16.2. The number of ether oxygens (including phenoxy) is 1. The molecule has 1 aliphatic carbocycles. The van der Waals surface area contributed by atoms with Gasteiger partial charge in [-0.1, -0.05) is 48.5 Å². The lowest BCUT2D eigenvalue weighted by atomic mass is 9.98. The Kier molecular flexibility index (Phi) is 5.09. The number of hydrogen-bond donors (Lipinski definition) is 1. The SMILES string of the molecule is CN(NC(=O)OCC1c2ccccc2-c2ccccc21)C(=O)ON1C(=O)CCC1=O. The number of hydrogen-bond acceptors (Lipinski definition) is 6. The van der Waals surface area contributed by atoms with Gasteiger partial charge in [-0.25, -0.2) is 20.0 Å². The molecule has 154 valence electrons. The number of nitrogens with one attached hydrogen (secondary N) is 1. The summed E-state index contributed by atoms with van der Waals surface area (Å²) < 4.78 is 5.33. The maximum Gasteiger partial charge on any atom is 0.453 e. The highest BCUT2D eigenvalue weighted by Crippen LogP contribution is 2.44. The van der Waals surface area contributed by atoms with Crippen LogP contribution < -0.4 is 5.43 Å². The minimum Gasteiger partial charge on any atom is -0.447 e. The van der Waals surface area contributed by atoms with Crippen molar-refractivity contribution in [2.45, 2.75) is 18.8 Å². The molecule has 1 saturated heterocycles. The Bertz CT molecular complexity index is 975. The summed E-state index contributed by atoms with van der Waals surface area (Å²) in [5.41, 5.74) is 6.52. The van der Waals surface area contributed by atoms with Crippen molar-refractivity contribution in [1.82, 2.24) is 15.5 Å². The summed E-state index contributed by atoms with van der Waals surface area (Å²) in [5, 5.41) is 1.11. The Morgan fingerprint density at radius 1 is 1.00 bits per heavy atom. The van der Waals surface area contributed by atoms with Crippen LogP contribution in [0.4, 0.5) is 9.59 Å². The van der Waals surface area contributed by atoms with E-state index in [0.29, 0.717) is 10.1 Å². The highest BCUT2D eigenvalue weighted by atomic mass is 16.7. The Morgan fingerprint density at radius 2 is 1.53 bits per heavy atom. The number of hydroxylamine groups is 2. The number of hydrazine groups is 1. The first-order valence-corrected chi connectivity index (χ1v) is 9.39. The van der Waals surface area contributed by atoms with Crippen LogP contribution in [0.3, 0.4) is 0 Å². The normalized spacial score (nSPS) is 14.9. The maximum atomic E-state index is 12.2. The van der Waals surface area contributed by atoms with Crippen molar-refractivity contribution < 1.29 is 28.8 Å². The first kappa shape index (κ1) is 19.4.